The molecular formula is C20H18N2O2. The maximum absolute atomic E-state index is 11.6. The van der Waals surface area contributed by atoms with Gasteiger partial charge in [-0.2, -0.15) is 5.26 Å². The summed E-state index contributed by atoms with van der Waals surface area (Å²) >= 11 is 0. The van der Waals surface area contributed by atoms with E-state index in [9.17, 15) is 15.2 Å². The number of nitriles is 1. The first-order valence-corrected chi connectivity index (χ1v) is 7.87. The second-order valence-electron chi connectivity index (χ2n) is 5.87. The van der Waals surface area contributed by atoms with Crippen molar-refractivity contribution in [2.75, 3.05) is 18.0 Å². The van der Waals surface area contributed by atoms with Gasteiger partial charge in [-0.25, -0.2) is 0 Å². The van der Waals surface area contributed by atoms with Gasteiger partial charge in [-0.05, 0) is 54.8 Å². The van der Waals surface area contributed by atoms with Crippen LogP contribution < -0.4 is 4.90 Å². The van der Waals surface area contributed by atoms with E-state index in [4.69, 9.17) is 0 Å². The highest BCUT2D eigenvalue weighted by Crippen LogP contribution is 2.29. The van der Waals surface area contributed by atoms with Gasteiger partial charge in [0.05, 0.1) is 11.3 Å². The van der Waals surface area contributed by atoms with Gasteiger partial charge in [-0.15, -0.1) is 0 Å². The standard InChI is InChI=1S/C20H18N2O2/c1-14(23)17-2-3-18(13-21)20(12-17)22-10-8-16(9-11-22)15-4-6-19(24)7-5-15/h2-8,12,24H,9-11H2,1H3. The largest absolute Gasteiger partial charge is 0.508 e. The molecule has 0 radical (unpaired) electrons. The Morgan fingerprint density at radius 2 is 1.96 bits per heavy atom. The number of carbonyl (C=O) groups excluding carboxylic acids is 1. The van der Waals surface area contributed by atoms with Crippen LogP contribution in [-0.2, 0) is 0 Å². The van der Waals surface area contributed by atoms with Crippen molar-refractivity contribution < 1.29 is 9.90 Å². The maximum Gasteiger partial charge on any atom is 0.159 e. The fraction of sp³-hybridized carbons (Fsp3) is 0.200. The third-order valence-electron chi connectivity index (χ3n) is 4.31. The summed E-state index contributed by atoms with van der Waals surface area (Å²) < 4.78 is 0. The molecule has 0 atom stereocenters. The second kappa shape index (κ2) is 6.59. The Kier molecular flexibility index (Phi) is 4.35. The van der Waals surface area contributed by atoms with Crippen LogP contribution in [-0.4, -0.2) is 24.0 Å². The van der Waals surface area contributed by atoms with E-state index in [1.165, 1.54) is 12.5 Å². The predicted molar refractivity (Wildman–Crippen MR) is 94.1 cm³/mol. The lowest BCUT2D eigenvalue weighted by Crippen LogP contribution is -2.29. The van der Waals surface area contributed by atoms with Gasteiger partial charge in [0.25, 0.3) is 0 Å². The van der Waals surface area contributed by atoms with Crippen molar-refractivity contribution in [3.63, 3.8) is 0 Å². The monoisotopic (exact) mass is 318 g/mol. The number of aromatic hydroxyl groups is 1. The number of Topliss-reactive ketones (excluding diaryl/α,β-unsaturated/α-hetero) is 1. The number of nitrogens with zero attached hydrogens (tertiary/aromatic N) is 2. The topological polar surface area (TPSA) is 64.3 Å². The molecule has 4 nitrogen and oxygen atoms in total. The molecule has 3 rings (SSSR count). The highest BCUT2D eigenvalue weighted by molar-refractivity contribution is 5.95. The Morgan fingerprint density at radius 1 is 1.21 bits per heavy atom. The summed E-state index contributed by atoms with van der Waals surface area (Å²) in [5, 5.41) is 18.7. The number of rotatable bonds is 3. The van der Waals surface area contributed by atoms with E-state index in [1.807, 2.05) is 12.1 Å². The van der Waals surface area contributed by atoms with Gasteiger partial charge in [-0.3, -0.25) is 4.79 Å². The van der Waals surface area contributed by atoms with Crippen LogP contribution in [0, 0.1) is 11.3 Å². The van der Waals surface area contributed by atoms with Gasteiger partial charge in [0, 0.05) is 18.7 Å². The Bertz CT molecular complexity index is 845. The van der Waals surface area contributed by atoms with E-state index in [1.54, 1.807) is 30.3 Å². The number of hydrogen-bond donors (Lipinski definition) is 1. The van der Waals surface area contributed by atoms with Gasteiger partial charge in [0.2, 0.25) is 0 Å². The van der Waals surface area contributed by atoms with Crippen molar-refractivity contribution >= 4 is 17.0 Å². The lowest BCUT2D eigenvalue weighted by molar-refractivity contribution is 0.101. The first kappa shape index (κ1) is 15.8. The van der Waals surface area contributed by atoms with Crippen LogP contribution in [0.15, 0.2) is 48.5 Å². The summed E-state index contributed by atoms with van der Waals surface area (Å²) in [6, 6.07) is 14.6. The van der Waals surface area contributed by atoms with Crippen molar-refractivity contribution in [2.24, 2.45) is 0 Å². The fourth-order valence-electron chi connectivity index (χ4n) is 2.93. The molecule has 1 aliphatic rings. The van der Waals surface area contributed by atoms with Crippen molar-refractivity contribution in [3.05, 3.63) is 65.2 Å². The Hall–Kier alpha value is -3.06. The molecule has 0 saturated heterocycles. The molecule has 1 aliphatic heterocycles. The van der Waals surface area contributed by atoms with Crippen molar-refractivity contribution in [1.82, 2.24) is 0 Å². The molecule has 0 saturated carbocycles. The zero-order valence-electron chi connectivity index (χ0n) is 13.5. The summed E-state index contributed by atoms with van der Waals surface area (Å²) in [5.41, 5.74) is 4.35. The summed E-state index contributed by atoms with van der Waals surface area (Å²) in [6.45, 7) is 3.00. The van der Waals surface area contributed by atoms with Gasteiger partial charge in [0.1, 0.15) is 11.8 Å². The highest BCUT2D eigenvalue weighted by Gasteiger charge is 2.17. The molecule has 1 heterocycles. The molecule has 24 heavy (non-hydrogen) atoms. The summed E-state index contributed by atoms with van der Waals surface area (Å²) in [5.74, 6) is 0.259. The van der Waals surface area contributed by atoms with E-state index in [0.717, 1.165) is 24.2 Å². The van der Waals surface area contributed by atoms with Crippen LogP contribution >= 0.6 is 0 Å². The molecule has 1 N–H and O–H groups in total. The molecule has 0 aliphatic carbocycles. The van der Waals surface area contributed by atoms with Crippen LogP contribution in [0.4, 0.5) is 5.69 Å². The smallest absolute Gasteiger partial charge is 0.159 e. The Balaban J connectivity index is 1.86. The minimum absolute atomic E-state index is 0.00178. The second-order valence-corrected chi connectivity index (χ2v) is 5.87. The normalized spacial score (nSPS) is 14.0. The molecule has 0 bridgehead atoms. The number of anilines is 1. The zero-order valence-corrected chi connectivity index (χ0v) is 13.5. The van der Waals surface area contributed by atoms with E-state index in [2.05, 4.69) is 17.0 Å². The number of carbonyl (C=O) groups is 1. The van der Waals surface area contributed by atoms with Crippen LogP contribution in [0.1, 0.15) is 34.8 Å². The van der Waals surface area contributed by atoms with E-state index in [-0.39, 0.29) is 11.5 Å². The number of benzene rings is 2. The first-order valence-electron chi connectivity index (χ1n) is 7.87. The SMILES string of the molecule is CC(=O)c1ccc(C#N)c(N2CC=C(c3ccc(O)cc3)CC2)c1. The number of ketones is 1. The van der Waals surface area contributed by atoms with Crippen LogP contribution in [0.3, 0.4) is 0 Å². The quantitative estimate of drug-likeness (QED) is 0.875. The molecular weight excluding hydrogens is 300 g/mol. The van der Waals surface area contributed by atoms with Crippen molar-refractivity contribution in [2.45, 2.75) is 13.3 Å². The minimum atomic E-state index is -0.00178. The molecule has 4 heteroatoms. The third-order valence-corrected chi connectivity index (χ3v) is 4.31. The minimum Gasteiger partial charge on any atom is -0.508 e. The fourth-order valence-corrected chi connectivity index (χ4v) is 2.93. The van der Waals surface area contributed by atoms with Crippen molar-refractivity contribution in [3.8, 4) is 11.8 Å². The maximum atomic E-state index is 11.6. The summed E-state index contributed by atoms with van der Waals surface area (Å²) in [4.78, 5) is 13.7. The van der Waals surface area contributed by atoms with E-state index < -0.39 is 0 Å². The average Bonchev–Trinajstić information content (AvgIpc) is 2.62. The van der Waals surface area contributed by atoms with E-state index in [0.29, 0.717) is 17.7 Å². The molecule has 2 aromatic carbocycles. The molecule has 2 aromatic rings. The Morgan fingerprint density at radius 3 is 2.54 bits per heavy atom. The summed E-state index contributed by atoms with van der Waals surface area (Å²) in [7, 11) is 0. The lowest BCUT2D eigenvalue weighted by Gasteiger charge is -2.29. The zero-order chi connectivity index (χ0) is 17.1. The van der Waals surface area contributed by atoms with Crippen LogP contribution in [0.5, 0.6) is 5.75 Å². The summed E-state index contributed by atoms with van der Waals surface area (Å²) in [6.07, 6.45) is 2.98. The molecule has 0 aromatic heterocycles. The lowest BCUT2D eigenvalue weighted by atomic mass is 9.98. The van der Waals surface area contributed by atoms with Crippen LogP contribution in [0.25, 0.3) is 5.57 Å². The van der Waals surface area contributed by atoms with Gasteiger partial charge in [0.15, 0.2) is 5.78 Å². The predicted octanol–water partition coefficient (Wildman–Crippen LogP) is 3.76. The molecule has 0 fully saturated rings. The number of hydrogen-bond acceptors (Lipinski definition) is 4. The number of phenolic OH excluding ortho intramolecular Hbond substituents is 1. The van der Waals surface area contributed by atoms with Crippen molar-refractivity contribution in [1.29, 1.82) is 5.26 Å². The molecule has 120 valence electrons. The third kappa shape index (κ3) is 3.16. The van der Waals surface area contributed by atoms with Gasteiger partial charge < -0.3 is 10.0 Å². The molecule has 0 spiro atoms. The first-order chi connectivity index (χ1) is 11.6. The van der Waals surface area contributed by atoms with Gasteiger partial charge >= 0.3 is 0 Å². The van der Waals surface area contributed by atoms with Gasteiger partial charge in [-0.1, -0.05) is 18.2 Å². The molecule has 0 unspecified atom stereocenters. The highest BCUT2D eigenvalue weighted by atomic mass is 16.3. The molecule has 0 amide bonds. The average molecular weight is 318 g/mol. The van der Waals surface area contributed by atoms with Crippen LogP contribution in [0.2, 0.25) is 0 Å². The van der Waals surface area contributed by atoms with E-state index >= 15 is 0 Å². The number of phenols is 1. The Labute approximate surface area is 141 Å².